The summed E-state index contributed by atoms with van der Waals surface area (Å²) in [4.78, 5) is 27.7. The van der Waals surface area contributed by atoms with E-state index in [9.17, 15) is 0 Å². The van der Waals surface area contributed by atoms with Gasteiger partial charge in [-0.2, -0.15) is 15.0 Å². The molecule has 4 saturated heterocycles. The summed E-state index contributed by atoms with van der Waals surface area (Å²) < 4.78 is 25.2. The first-order valence-electron chi connectivity index (χ1n) is 15.2. The quantitative estimate of drug-likeness (QED) is 0.240. The van der Waals surface area contributed by atoms with Crippen LogP contribution in [0.4, 0.5) is 5.82 Å². The Hall–Kier alpha value is -2.43. The Balaban J connectivity index is 0.000000154. The van der Waals surface area contributed by atoms with E-state index in [1.165, 1.54) is 0 Å². The van der Waals surface area contributed by atoms with Gasteiger partial charge in [0.25, 0.3) is 0 Å². The SMILES string of the molecule is C.C1COCCN1.Clc1nc(Cl)c2ncn(CC3CCOC3)c2n1.Clc1nc(N2CCOCC2)c2ncn(CC3CCOC3)c2n1. The minimum atomic E-state index is 0. The second-order valence-corrected chi connectivity index (χ2v) is 12.2. The van der Waals surface area contributed by atoms with Gasteiger partial charge in [0, 0.05) is 64.3 Å². The van der Waals surface area contributed by atoms with Crippen molar-refractivity contribution in [2.24, 2.45) is 11.8 Å². The van der Waals surface area contributed by atoms with Crippen molar-refractivity contribution in [2.45, 2.75) is 33.4 Å². The Morgan fingerprint density at radius 2 is 1.22 bits per heavy atom. The second kappa shape index (κ2) is 17.1. The maximum Gasteiger partial charge on any atom is 0.226 e. The van der Waals surface area contributed by atoms with Crippen LogP contribution in [0, 0.1) is 11.8 Å². The van der Waals surface area contributed by atoms with E-state index in [1.807, 2.05) is 10.9 Å². The average Bonchev–Trinajstić information content (AvgIpc) is 3.89. The molecule has 4 aliphatic heterocycles. The maximum atomic E-state index is 6.14. The molecule has 2 atom stereocenters. The topological polar surface area (TPSA) is 139 Å². The van der Waals surface area contributed by atoms with Crippen molar-refractivity contribution < 1.29 is 18.9 Å². The first-order chi connectivity index (χ1) is 22.0. The normalized spacial score (nSPS) is 21.4. The van der Waals surface area contributed by atoms with E-state index in [2.05, 4.69) is 44.7 Å². The zero-order valence-electron chi connectivity index (χ0n) is 24.9. The largest absolute Gasteiger partial charge is 0.381 e. The van der Waals surface area contributed by atoms with Crippen molar-refractivity contribution in [1.82, 2.24) is 44.4 Å². The van der Waals surface area contributed by atoms with Crippen LogP contribution in [0.5, 0.6) is 0 Å². The van der Waals surface area contributed by atoms with Gasteiger partial charge >= 0.3 is 0 Å². The Labute approximate surface area is 283 Å². The molecule has 4 aromatic heterocycles. The van der Waals surface area contributed by atoms with Gasteiger partial charge < -0.3 is 38.3 Å². The molecule has 252 valence electrons. The van der Waals surface area contributed by atoms with Crippen LogP contribution in [-0.4, -0.2) is 118 Å². The van der Waals surface area contributed by atoms with E-state index >= 15 is 0 Å². The van der Waals surface area contributed by atoms with Crippen LogP contribution < -0.4 is 10.2 Å². The zero-order valence-corrected chi connectivity index (χ0v) is 27.2. The van der Waals surface area contributed by atoms with Gasteiger partial charge in [0.1, 0.15) is 5.52 Å². The Kier molecular flexibility index (Phi) is 13.0. The van der Waals surface area contributed by atoms with E-state index in [4.69, 9.17) is 53.8 Å². The van der Waals surface area contributed by atoms with Crippen molar-refractivity contribution >= 4 is 62.9 Å². The van der Waals surface area contributed by atoms with Gasteiger partial charge in [-0.15, -0.1) is 0 Å². The van der Waals surface area contributed by atoms with Gasteiger partial charge in [-0.25, -0.2) is 15.0 Å². The van der Waals surface area contributed by atoms with Gasteiger partial charge in [-0.1, -0.05) is 19.0 Å². The number of ether oxygens (including phenoxy) is 4. The molecule has 0 radical (unpaired) electrons. The Morgan fingerprint density at radius 1 is 0.674 bits per heavy atom. The molecule has 4 aliphatic rings. The fourth-order valence-corrected chi connectivity index (χ4v) is 6.16. The van der Waals surface area contributed by atoms with E-state index < -0.39 is 0 Å². The molecule has 0 aliphatic carbocycles. The number of hydrogen-bond donors (Lipinski definition) is 1. The lowest BCUT2D eigenvalue weighted by Crippen LogP contribution is -2.37. The fraction of sp³-hybridized carbons (Fsp3) is 0.655. The molecule has 1 N–H and O–H groups in total. The average molecular weight is 700 g/mol. The highest BCUT2D eigenvalue weighted by Gasteiger charge is 2.23. The van der Waals surface area contributed by atoms with Crippen LogP contribution in [-0.2, 0) is 32.0 Å². The summed E-state index contributed by atoms with van der Waals surface area (Å²) in [6.45, 7) is 11.7. The molecule has 4 fully saturated rings. The predicted molar refractivity (Wildman–Crippen MR) is 177 cm³/mol. The van der Waals surface area contributed by atoms with Crippen LogP contribution in [0.15, 0.2) is 12.7 Å². The highest BCUT2D eigenvalue weighted by molar-refractivity contribution is 6.35. The maximum absolute atomic E-state index is 6.14. The number of morpholine rings is 2. The van der Waals surface area contributed by atoms with Crippen LogP contribution >= 0.6 is 34.8 Å². The van der Waals surface area contributed by atoms with Gasteiger partial charge in [-0.05, 0) is 36.0 Å². The number of halogens is 3. The highest BCUT2D eigenvalue weighted by Crippen LogP contribution is 2.27. The summed E-state index contributed by atoms with van der Waals surface area (Å²) in [5.41, 5.74) is 2.88. The molecule has 17 heteroatoms. The lowest BCUT2D eigenvalue weighted by molar-refractivity contribution is 0.109. The molecule has 0 spiro atoms. The lowest BCUT2D eigenvalue weighted by atomic mass is 10.1. The minimum Gasteiger partial charge on any atom is -0.381 e. The number of hydrogen-bond acceptors (Lipinski definition) is 12. The molecular weight excluding hydrogens is 659 g/mol. The summed E-state index contributed by atoms with van der Waals surface area (Å²) in [6.07, 6.45) is 5.69. The third-order valence-electron chi connectivity index (χ3n) is 7.93. The smallest absolute Gasteiger partial charge is 0.226 e. The molecule has 0 bridgehead atoms. The number of aromatic nitrogens is 8. The van der Waals surface area contributed by atoms with Gasteiger partial charge in [0.2, 0.25) is 10.6 Å². The Morgan fingerprint density at radius 3 is 1.74 bits per heavy atom. The number of rotatable bonds is 5. The summed E-state index contributed by atoms with van der Waals surface area (Å²) >= 11 is 17.9. The van der Waals surface area contributed by atoms with Gasteiger partial charge in [0.05, 0.1) is 52.3 Å². The van der Waals surface area contributed by atoms with E-state index in [1.54, 1.807) is 6.33 Å². The zero-order chi connectivity index (χ0) is 31.0. The third-order valence-corrected chi connectivity index (χ3v) is 8.53. The second-order valence-electron chi connectivity index (χ2n) is 11.2. The molecule has 0 saturated carbocycles. The molecular formula is C29H41Cl3N10O4. The molecule has 0 amide bonds. The highest BCUT2D eigenvalue weighted by atomic mass is 35.5. The lowest BCUT2D eigenvalue weighted by Gasteiger charge is -2.27. The van der Waals surface area contributed by atoms with E-state index in [-0.39, 0.29) is 18.0 Å². The van der Waals surface area contributed by atoms with E-state index in [0.29, 0.717) is 41.4 Å². The number of nitrogens with zero attached hydrogens (tertiary/aromatic N) is 9. The van der Waals surface area contributed by atoms with Crippen LogP contribution in [0.3, 0.4) is 0 Å². The van der Waals surface area contributed by atoms with Gasteiger partial charge in [0.15, 0.2) is 27.8 Å². The van der Waals surface area contributed by atoms with Crippen LogP contribution in [0.1, 0.15) is 20.3 Å². The summed E-state index contributed by atoms with van der Waals surface area (Å²) in [5.74, 6) is 1.82. The standard InChI is InChI=1S/C14H18ClN5O2.C10H10Cl2N4O.C4H9NO.CH4/c15-14-17-12(19-2-5-21-6-3-19)11-13(18-14)20(9-16-11)7-10-1-4-22-8-10;11-8-7-9(15-10(12)14-8)16(5-13-7)3-6-1-2-17-4-6;1-3-6-4-2-5-1;/h9-10H,1-8H2;5-6H,1-4H2;5H,1-4H2;1H4. The van der Waals surface area contributed by atoms with Gasteiger partial charge in [-0.3, -0.25) is 0 Å². The molecule has 2 unspecified atom stereocenters. The Bertz CT molecular complexity index is 1520. The molecule has 8 heterocycles. The molecule has 0 aromatic carbocycles. The molecule has 4 aromatic rings. The summed E-state index contributed by atoms with van der Waals surface area (Å²) in [6, 6.07) is 0. The van der Waals surface area contributed by atoms with E-state index in [0.717, 1.165) is 109 Å². The number of anilines is 1. The fourth-order valence-electron chi connectivity index (χ4n) is 5.58. The molecule has 8 rings (SSSR count). The number of nitrogens with one attached hydrogen (secondary N) is 1. The van der Waals surface area contributed by atoms with Crippen molar-refractivity contribution in [3.63, 3.8) is 0 Å². The predicted octanol–water partition coefficient (Wildman–Crippen LogP) is 3.76. The number of fused-ring (bicyclic) bond motifs is 2. The van der Waals surface area contributed by atoms with Crippen molar-refractivity contribution in [3.8, 4) is 0 Å². The first kappa shape index (κ1) is 34.9. The summed E-state index contributed by atoms with van der Waals surface area (Å²) in [7, 11) is 0. The van der Waals surface area contributed by atoms with Crippen LogP contribution in [0.25, 0.3) is 22.3 Å². The van der Waals surface area contributed by atoms with Crippen molar-refractivity contribution in [1.29, 1.82) is 0 Å². The molecule has 14 nitrogen and oxygen atoms in total. The van der Waals surface area contributed by atoms with Crippen molar-refractivity contribution in [3.05, 3.63) is 28.4 Å². The summed E-state index contributed by atoms with van der Waals surface area (Å²) in [5, 5.41) is 3.86. The van der Waals surface area contributed by atoms with Crippen LogP contribution in [0.2, 0.25) is 15.7 Å². The molecule has 46 heavy (non-hydrogen) atoms. The van der Waals surface area contributed by atoms with Crippen molar-refractivity contribution in [2.75, 3.05) is 83.9 Å². The first-order valence-corrected chi connectivity index (χ1v) is 16.4. The third kappa shape index (κ3) is 8.92. The monoisotopic (exact) mass is 698 g/mol. The number of imidazole rings is 2. The minimum absolute atomic E-state index is 0.